The summed E-state index contributed by atoms with van der Waals surface area (Å²) >= 11 is 6.11. The minimum Gasteiger partial charge on any atom is -0.309 e. The van der Waals surface area contributed by atoms with Gasteiger partial charge < -0.3 is 9.80 Å². The van der Waals surface area contributed by atoms with Crippen LogP contribution in [0.3, 0.4) is 0 Å². The maximum absolute atomic E-state index is 13.4. The van der Waals surface area contributed by atoms with Crippen molar-refractivity contribution in [2.45, 2.75) is 18.5 Å². The molecule has 5 rings (SSSR count). The molecule has 1 saturated heterocycles. The van der Waals surface area contributed by atoms with E-state index in [9.17, 15) is 9.59 Å². The second kappa shape index (κ2) is 6.31. The molecule has 1 aromatic heterocycles. The summed E-state index contributed by atoms with van der Waals surface area (Å²) in [5.74, 6) is -0.186. The number of fused-ring (bicyclic) bond motifs is 2. The average molecular weight is 392 g/mol. The molecule has 1 aromatic carbocycles. The highest BCUT2D eigenvalue weighted by atomic mass is 35.5. The molecular weight excluding hydrogens is 374 g/mol. The predicted molar refractivity (Wildman–Crippen MR) is 106 cm³/mol. The zero-order valence-electron chi connectivity index (χ0n) is 15.1. The number of hydrogen-bond donors (Lipinski definition) is 0. The smallest absolute Gasteiger partial charge is 0.274 e. The standard InChI is InChI=1S/C22H18ClN3O2/c23-18-9-7-17(8-10-18)22-14-16-6-3-11-24-19(16)21(28)26(22)13-12-25(22)20(27)15-4-1-2-5-15/h1,3-11H,2,12-14H2. The summed E-state index contributed by atoms with van der Waals surface area (Å²) in [6, 6.07) is 11.2. The third-order valence-electron chi connectivity index (χ3n) is 5.79. The maximum atomic E-state index is 13.4. The summed E-state index contributed by atoms with van der Waals surface area (Å²) < 4.78 is 0. The van der Waals surface area contributed by atoms with E-state index in [1.54, 1.807) is 11.1 Å². The van der Waals surface area contributed by atoms with Crippen LogP contribution in [0.5, 0.6) is 0 Å². The summed E-state index contributed by atoms with van der Waals surface area (Å²) in [5.41, 5.74) is 2.02. The van der Waals surface area contributed by atoms with E-state index in [0.717, 1.165) is 17.5 Å². The Hall–Kier alpha value is -2.92. The lowest BCUT2D eigenvalue weighted by Crippen LogP contribution is -2.58. The van der Waals surface area contributed by atoms with Gasteiger partial charge in [-0.25, -0.2) is 0 Å². The van der Waals surface area contributed by atoms with Crippen LogP contribution in [0.1, 0.15) is 28.0 Å². The molecule has 1 aliphatic carbocycles. The van der Waals surface area contributed by atoms with Crippen molar-refractivity contribution in [2.75, 3.05) is 13.1 Å². The Morgan fingerprint density at radius 3 is 2.71 bits per heavy atom. The van der Waals surface area contributed by atoms with E-state index in [-0.39, 0.29) is 11.8 Å². The van der Waals surface area contributed by atoms with E-state index >= 15 is 0 Å². The molecule has 1 atom stereocenters. The summed E-state index contributed by atoms with van der Waals surface area (Å²) in [7, 11) is 0. The number of carbonyl (C=O) groups excluding carboxylic acids is 2. The van der Waals surface area contributed by atoms with Crippen molar-refractivity contribution < 1.29 is 9.59 Å². The lowest BCUT2D eigenvalue weighted by atomic mass is 9.85. The normalized spacial score (nSPS) is 22.9. The van der Waals surface area contributed by atoms with Crippen LogP contribution in [0.25, 0.3) is 0 Å². The van der Waals surface area contributed by atoms with Gasteiger partial charge in [-0.05, 0) is 35.7 Å². The van der Waals surface area contributed by atoms with Crippen molar-refractivity contribution in [3.63, 3.8) is 0 Å². The van der Waals surface area contributed by atoms with Crippen molar-refractivity contribution in [3.05, 3.63) is 88.2 Å². The fourth-order valence-electron chi connectivity index (χ4n) is 4.52. The Bertz CT molecular complexity index is 1040. The monoisotopic (exact) mass is 391 g/mol. The Labute approximate surface area is 167 Å². The first kappa shape index (κ1) is 17.2. The first-order chi connectivity index (χ1) is 13.6. The van der Waals surface area contributed by atoms with Crippen LogP contribution in [-0.2, 0) is 16.9 Å². The van der Waals surface area contributed by atoms with Crippen LogP contribution in [0, 0.1) is 0 Å². The fourth-order valence-corrected chi connectivity index (χ4v) is 4.64. The highest BCUT2D eigenvalue weighted by Crippen LogP contribution is 2.45. The van der Waals surface area contributed by atoms with Crippen LogP contribution < -0.4 is 0 Å². The van der Waals surface area contributed by atoms with Gasteiger partial charge in [0.25, 0.3) is 11.8 Å². The van der Waals surface area contributed by atoms with E-state index in [2.05, 4.69) is 4.98 Å². The molecule has 0 spiro atoms. The molecule has 2 aliphatic heterocycles. The number of carbonyl (C=O) groups is 2. The number of hydrogen-bond acceptors (Lipinski definition) is 3. The van der Waals surface area contributed by atoms with Crippen LogP contribution in [0.2, 0.25) is 5.02 Å². The zero-order valence-corrected chi connectivity index (χ0v) is 15.9. The maximum Gasteiger partial charge on any atom is 0.274 e. The topological polar surface area (TPSA) is 53.5 Å². The Kier molecular flexibility index (Phi) is 3.88. The van der Waals surface area contributed by atoms with Crippen molar-refractivity contribution in [1.82, 2.24) is 14.8 Å². The Morgan fingerprint density at radius 2 is 1.96 bits per heavy atom. The van der Waals surface area contributed by atoms with Crippen molar-refractivity contribution in [2.24, 2.45) is 0 Å². The zero-order chi connectivity index (χ0) is 19.3. The number of allylic oxidation sites excluding steroid dienone is 2. The van der Waals surface area contributed by atoms with Crippen LogP contribution >= 0.6 is 11.6 Å². The Morgan fingerprint density at radius 1 is 1.14 bits per heavy atom. The molecule has 0 bridgehead atoms. The minimum atomic E-state index is -0.869. The van der Waals surface area contributed by atoms with Gasteiger partial charge in [0.2, 0.25) is 0 Å². The number of benzene rings is 1. The second-order valence-electron chi connectivity index (χ2n) is 7.22. The molecule has 2 amide bonds. The molecule has 5 nitrogen and oxygen atoms in total. The van der Waals surface area contributed by atoms with Crippen LogP contribution in [-0.4, -0.2) is 39.7 Å². The number of aromatic nitrogens is 1. The van der Waals surface area contributed by atoms with Crippen LogP contribution in [0.4, 0.5) is 0 Å². The minimum absolute atomic E-state index is 0.0497. The molecule has 0 N–H and O–H groups in total. The van der Waals surface area contributed by atoms with Gasteiger partial charge in [0, 0.05) is 36.3 Å². The predicted octanol–water partition coefficient (Wildman–Crippen LogP) is 3.31. The third kappa shape index (κ3) is 2.36. The molecule has 1 fully saturated rings. The summed E-state index contributed by atoms with van der Waals surface area (Å²) in [5, 5.41) is 0.619. The van der Waals surface area contributed by atoms with Gasteiger partial charge in [0.05, 0.1) is 0 Å². The molecule has 1 unspecified atom stereocenters. The third-order valence-corrected chi connectivity index (χ3v) is 6.04. The van der Waals surface area contributed by atoms with Gasteiger partial charge in [0.1, 0.15) is 11.4 Å². The quantitative estimate of drug-likeness (QED) is 0.789. The van der Waals surface area contributed by atoms with Crippen molar-refractivity contribution in [1.29, 1.82) is 0 Å². The molecule has 28 heavy (non-hydrogen) atoms. The molecule has 6 heteroatoms. The number of pyridine rings is 1. The summed E-state index contributed by atoms with van der Waals surface area (Å²) in [6.45, 7) is 0.951. The van der Waals surface area contributed by atoms with Gasteiger partial charge in [-0.15, -0.1) is 0 Å². The summed E-state index contributed by atoms with van der Waals surface area (Å²) in [4.78, 5) is 34.6. The van der Waals surface area contributed by atoms with Crippen LogP contribution in [0.15, 0.2) is 66.4 Å². The molecule has 0 radical (unpaired) electrons. The van der Waals surface area contributed by atoms with Crippen molar-refractivity contribution >= 4 is 23.4 Å². The molecule has 3 heterocycles. The SMILES string of the molecule is O=C(C1=CCC=C1)N1CCN2C(=O)c3ncccc3CC12c1ccc(Cl)cc1. The van der Waals surface area contributed by atoms with E-state index in [1.807, 2.05) is 59.5 Å². The highest BCUT2D eigenvalue weighted by molar-refractivity contribution is 6.30. The molecular formula is C22H18ClN3O2. The number of nitrogens with zero attached hydrogens (tertiary/aromatic N) is 3. The van der Waals surface area contributed by atoms with Gasteiger partial charge >= 0.3 is 0 Å². The molecule has 0 saturated carbocycles. The second-order valence-corrected chi connectivity index (χ2v) is 7.66. The van der Waals surface area contributed by atoms with E-state index in [4.69, 9.17) is 11.6 Å². The van der Waals surface area contributed by atoms with E-state index in [0.29, 0.717) is 35.8 Å². The molecule has 3 aliphatic rings. The lowest BCUT2D eigenvalue weighted by molar-refractivity contribution is -0.134. The Balaban J connectivity index is 1.70. The number of halogens is 1. The van der Waals surface area contributed by atoms with E-state index in [1.165, 1.54) is 0 Å². The highest BCUT2D eigenvalue weighted by Gasteiger charge is 2.56. The lowest BCUT2D eigenvalue weighted by Gasteiger charge is -2.47. The number of amides is 2. The van der Waals surface area contributed by atoms with Gasteiger partial charge in [-0.2, -0.15) is 0 Å². The van der Waals surface area contributed by atoms with Gasteiger partial charge in [-0.3, -0.25) is 14.6 Å². The largest absolute Gasteiger partial charge is 0.309 e. The number of rotatable bonds is 2. The fraction of sp³-hybridized carbons (Fsp3) is 0.227. The average Bonchev–Trinajstić information content (AvgIpc) is 3.37. The van der Waals surface area contributed by atoms with Gasteiger partial charge in [0.15, 0.2) is 0 Å². The first-order valence-electron chi connectivity index (χ1n) is 9.32. The van der Waals surface area contributed by atoms with Gasteiger partial charge in [-0.1, -0.05) is 48.0 Å². The van der Waals surface area contributed by atoms with Crippen molar-refractivity contribution in [3.8, 4) is 0 Å². The molecule has 140 valence electrons. The van der Waals surface area contributed by atoms with E-state index < -0.39 is 5.66 Å². The summed E-state index contributed by atoms with van der Waals surface area (Å²) in [6.07, 6.45) is 8.67. The first-order valence-corrected chi connectivity index (χ1v) is 9.69. The molecule has 2 aromatic rings.